The molecule has 0 radical (unpaired) electrons. The SMILES string of the molecule is CCCC1=CCCC=C1.CNC. The molecule has 1 N–H and O–H groups in total. The van der Waals surface area contributed by atoms with Crippen LogP contribution < -0.4 is 5.32 Å². The van der Waals surface area contributed by atoms with Gasteiger partial charge in [-0.05, 0) is 33.4 Å². The Bertz CT molecular complexity index is 145. The van der Waals surface area contributed by atoms with Gasteiger partial charge in [0.05, 0.1) is 0 Å². The van der Waals surface area contributed by atoms with Gasteiger partial charge in [0, 0.05) is 0 Å². The highest BCUT2D eigenvalue weighted by molar-refractivity contribution is 5.21. The molecule has 0 aliphatic heterocycles. The van der Waals surface area contributed by atoms with Crippen molar-refractivity contribution in [3.8, 4) is 0 Å². The van der Waals surface area contributed by atoms with Gasteiger partial charge in [0.15, 0.2) is 0 Å². The summed E-state index contributed by atoms with van der Waals surface area (Å²) < 4.78 is 0. The standard InChI is InChI=1S/C9H14.C2H7N/c1-2-6-9-7-4-3-5-8-9;1-3-2/h4,7-8H,2-3,5-6H2,1H3;3H,1-2H3. The average molecular weight is 167 g/mol. The monoisotopic (exact) mass is 167 g/mol. The minimum Gasteiger partial charge on any atom is -0.323 e. The van der Waals surface area contributed by atoms with Crippen LogP contribution in [0.15, 0.2) is 23.8 Å². The van der Waals surface area contributed by atoms with E-state index in [1.807, 2.05) is 14.1 Å². The summed E-state index contributed by atoms with van der Waals surface area (Å²) >= 11 is 0. The van der Waals surface area contributed by atoms with Crippen molar-refractivity contribution in [2.45, 2.75) is 32.6 Å². The average Bonchev–Trinajstić information content (AvgIpc) is 2.08. The summed E-state index contributed by atoms with van der Waals surface area (Å²) in [6.45, 7) is 2.23. The predicted octanol–water partition coefficient (Wildman–Crippen LogP) is 2.90. The number of hydrogen-bond acceptors (Lipinski definition) is 1. The third-order valence-electron chi connectivity index (χ3n) is 1.61. The van der Waals surface area contributed by atoms with Crippen molar-refractivity contribution in [1.29, 1.82) is 0 Å². The van der Waals surface area contributed by atoms with Crippen molar-refractivity contribution < 1.29 is 0 Å². The predicted molar refractivity (Wildman–Crippen MR) is 56.3 cm³/mol. The zero-order valence-electron chi connectivity index (χ0n) is 8.56. The summed E-state index contributed by atoms with van der Waals surface area (Å²) in [6, 6.07) is 0. The Hall–Kier alpha value is -0.560. The van der Waals surface area contributed by atoms with Gasteiger partial charge in [-0.25, -0.2) is 0 Å². The third kappa shape index (κ3) is 6.17. The van der Waals surface area contributed by atoms with E-state index in [1.165, 1.54) is 31.3 Å². The van der Waals surface area contributed by atoms with Crippen LogP contribution in [-0.2, 0) is 0 Å². The number of rotatable bonds is 2. The van der Waals surface area contributed by atoms with Gasteiger partial charge in [0.2, 0.25) is 0 Å². The van der Waals surface area contributed by atoms with Crippen molar-refractivity contribution in [3.05, 3.63) is 23.8 Å². The zero-order chi connectivity index (χ0) is 9.23. The minimum atomic E-state index is 1.24. The number of hydrogen-bond donors (Lipinski definition) is 1. The van der Waals surface area contributed by atoms with E-state index < -0.39 is 0 Å². The Morgan fingerprint density at radius 3 is 2.42 bits per heavy atom. The fourth-order valence-corrected chi connectivity index (χ4v) is 1.14. The lowest BCUT2D eigenvalue weighted by atomic mass is 10.0. The van der Waals surface area contributed by atoms with Crippen LogP contribution in [0.25, 0.3) is 0 Å². The molecule has 0 spiro atoms. The van der Waals surface area contributed by atoms with E-state index in [-0.39, 0.29) is 0 Å². The normalized spacial score (nSPS) is 14.8. The van der Waals surface area contributed by atoms with E-state index in [0.29, 0.717) is 0 Å². The van der Waals surface area contributed by atoms with Crippen LogP contribution in [0.4, 0.5) is 0 Å². The van der Waals surface area contributed by atoms with E-state index >= 15 is 0 Å². The third-order valence-corrected chi connectivity index (χ3v) is 1.61. The van der Waals surface area contributed by atoms with Gasteiger partial charge in [-0.1, -0.05) is 37.1 Å². The quantitative estimate of drug-likeness (QED) is 0.667. The fourth-order valence-electron chi connectivity index (χ4n) is 1.14. The molecule has 0 atom stereocenters. The van der Waals surface area contributed by atoms with Crippen LogP contribution in [0.5, 0.6) is 0 Å². The first kappa shape index (κ1) is 11.4. The molecule has 0 bridgehead atoms. The first-order chi connectivity index (χ1) is 5.85. The second-order valence-electron chi connectivity index (χ2n) is 3.01. The van der Waals surface area contributed by atoms with E-state index in [1.54, 1.807) is 0 Å². The number of nitrogens with one attached hydrogen (secondary N) is 1. The molecule has 0 saturated heterocycles. The molecule has 1 rings (SSSR count). The van der Waals surface area contributed by atoms with Gasteiger partial charge in [-0.15, -0.1) is 0 Å². The lowest BCUT2D eigenvalue weighted by Crippen LogP contribution is -1.89. The van der Waals surface area contributed by atoms with Crippen molar-refractivity contribution >= 4 is 0 Å². The van der Waals surface area contributed by atoms with Crippen LogP contribution in [0, 0.1) is 0 Å². The molecular formula is C11H21N. The topological polar surface area (TPSA) is 12.0 Å². The fraction of sp³-hybridized carbons (Fsp3) is 0.636. The highest BCUT2D eigenvalue weighted by Gasteiger charge is 1.93. The minimum absolute atomic E-state index is 1.24. The summed E-state index contributed by atoms with van der Waals surface area (Å²) in [5.41, 5.74) is 1.53. The lowest BCUT2D eigenvalue weighted by molar-refractivity contribution is 0.894. The van der Waals surface area contributed by atoms with Gasteiger partial charge in [0.25, 0.3) is 0 Å². The molecule has 1 aliphatic rings. The van der Waals surface area contributed by atoms with Crippen molar-refractivity contribution in [2.24, 2.45) is 0 Å². The molecule has 1 nitrogen and oxygen atoms in total. The van der Waals surface area contributed by atoms with Crippen LogP contribution in [0.1, 0.15) is 32.6 Å². The summed E-state index contributed by atoms with van der Waals surface area (Å²) in [6.07, 6.45) is 11.9. The van der Waals surface area contributed by atoms with Crippen LogP contribution >= 0.6 is 0 Å². The zero-order valence-corrected chi connectivity index (χ0v) is 8.56. The van der Waals surface area contributed by atoms with Gasteiger partial charge >= 0.3 is 0 Å². The largest absolute Gasteiger partial charge is 0.323 e. The van der Waals surface area contributed by atoms with Crippen molar-refractivity contribution in [2.75, 3.05) is 14.1 Å². The maximum absolute atomic E-state index is 2.75. The summed E-state index contributed by atoms with van der Waals surface area (Å²) in [4.78, 5) is 0. The first-order valence-corrected chi connectivity index (χ1v) is 4.79. The Kier molecular flexibility index (Phi) is 8.14. The molecule has 0 aromatic carbocycles. The summed E-state index contributed by atoms with van der Waals surface area (Å²) in [7, 11) is 3.75. The smallest absolute Gasteiger partial charge is 0.0167 e. The maximum atomic E-state index is 2.75. The van der Waals surface area contributed by atoms with Crippen molar-refractivity contribution in [3.63, 3.8) is 0 Å². The molecule has 0 aromatic rings. The highest BCUT2D eigenvalue weighted by atomic mass is 14.7. The maximum Gasteiger partial charge on any atom is -0.0167 e. The van der Waals surface area contributed by atoms with Gasteiger partial charge in [-0.2, -0.15) is 0 Å². The van der Waals surface area contributed by atoms with Crippen molar-refractivity contribution in [1.82, 2.24) is 5.32 Å². The van der Waals surface area contributed by atoms with Crippen LogP contribution in [0.2, 0.25) is 0 Å². The Morgan fingerprint density at radius 2 is 2.00 bits per heavy atom. The Labute approximate surface area is 76.6 Å². The highest BCUT2D eigenvalue weighted by Crippen LogP contribution is 2.13. The summed E-state index contributed by atoms with van der Waals surface area (Å²) in [5, 5.41) is 2.75. The molecule has 0 heterocycles. The van der Waals surface area contributed by atoms with Gasteiger partial charge < -0.3 is 5.32 Å². The molecule has 0 saturated carbocycles. The molecule has 0 amide bonds. The molecular weight excluding hydrogens is 146 g/mol. The first-order valence-electron chi connectivity index (χ1n) is 4.79. The molecule has 0 fully saturated rings. The second kappa shape index (κ2) is 8.54. The van der Waals surface area contributed by atoms with E-state index in [9.17, 15) is 0 Å². The van der Waals surface area contributed by atoms with Gasteiger partial charge in [0.1, 0.15) is 0 Å². The molecule has 70 valence electrons. The second-order valence-corrected chi connectivity index (χ2v) is 3.01. The van der Waals surface area contributed by atoms with E-state index in [4.69, 9.17) is 0 Å². The van der Waals surface area contributed by atoms with Crippen LogP contribution in [0.3, 0.4) is 0 Å². The number of allylic oxidation sites excluding steroid dienone is 4. The van der Waals surface area contributed by atoms with Gasteiger partial charge in [-0.3, -0.25) is 0 Å². The molecule has 1 aliphatic carbocycles. The molecule has 12 heavy (non-hydrogen) atoms. The molecule has 0 unspecified atom stereocenters. The Balaban J connectivity index is 0.000000354. The van der Waals surface area contributed by atoms with E-state index in [2.05, 4.69) is 30.5 Å². The Morgan fingerprint density at radius 1 is 1.33 bits per heavy atom. The molecule has 1 heteroatoms. The summed E-state index contributed by atoms with van der Waals surface area (Å²) in [5.74, 6) is 0. The van der Waals surface area contributed by atoms with Crippen LogP contribution in [-0.4, -0.2) is 14.1 Å². The molecule has 0 aromatic heterocycles. The lowest BCUT2D eigenvalue weighted by Gasteiger charge is -2.03. The van der Waals surface area contributed by atoms with E-state index in [0.717, 1.165) is 0 Å².